The molecule has 0 radical (unpaired) electrons. The van der Waals surface area contributed by atoms with Gasteiger partial charge in [0.1, 0.15) is 22.8 Å². The standard InChI is InChI=1S/C21H24N2O4/c1-12-14-7-6-13(25-5)10-17(14)26-18(12)19(24)23-9-8-16-15(11-23)22-20(27-16)21(2,3)4/h6-7,10H,8-9,11H2,1-5H3. The van der Waals surface area contributed by atoms with Crippen LogP contribution in [-0.4, -0.2) is 29.4 Å². The van der Waals surface area contributed by atoms with Crippen LogP contribution in [-0.2, 0) is 18.4 Å². The number of fused-ring (bicyclic) bond motifs is 2. The van der Waals surface area contributed by atoms with Crippen LogP contribution in [0.5, 0.6) is 5.75 Å². The Bertz CT molecular complexity index is 1020. The lowest BCUT2D eigenvalue weighted by molar-refractivity contribution is 0.0696. The van der Waals surface area contributed by atoms with Crippen LogP contribution in [0.2, 0.25) is 0 Å². The van der Waals surface area contributed by atoms with Crippen molar-refractivity contribution in [1.29, 1.82) is 0 Å². The summed E-state index contributed by atoms with van der Waals surface area (Å²) in [4.78, 5) is 19.5. The highest BCUT2D eigenvalue weighted by Gasteiger charge is 2.31. The molecule has 3 aromatic rings. The van der Waals surface area contributed by atoms with E-state index in [1.165, 1.54) is 0 Å². The number of nitrogens with zero attached hydrogens (tertiary/aromatic N) is 2. The molecule has 27 heavy (non-hydrogen) atoms. The predicted octanol–water partition coefficient (Wildman–Crippen LogP) is 4.23. The fourth-order valence-electron chi connectivity index (χ4n) is 3.37. The van der Waals surface area contributed by atoms with Gasteiger partial charge in [0.25, 0.3) is 5.91 Å². The van der Waals surface area contributed by atoms with E-state index < -0.39 is 0 Å². The van der Waals surface area contributed by atoms with Gasteiger partial charge in [-0.15, -0.1) is 0 Å². The first kappa shape index (κ1) is 17.6. The number of furan rings is 1. The number of carbonyl (C=O) groups is 1. The Hall–Kier alpha value is -2.76. The van der Waals surface area contributed by atoms with Gasteiger partial charge in [0.2, 0.25) is 0 Å². The van der Waals surface area contributed by atoms with Gasteiger partial charge in [-0.2, -0.15) is 0 Å². The number of ether oxygens (including phenoxy) is 1. The van der Waals surface area contributed by atoms with E-state index in [9.17, 15) is 4.79 Å². The Morgan fingerprint density at radius 1 is 1.26 bits per heavy atom. The van der Waals surface area contributed by atoms with E-state index in [1.807, 2.05) is 19.1 Å². The maximum absolute atomic E-state index is 13.1. The molecule has 1 amide bonds. The molecule has 0 atom stereocenters. The molecule has 1 aromatic carbocycles. The third-order valence-electron chi connectivity index (χ3n) is 5.00. The van der Waals surface area contributed by atoms with Gasteiger partial charge < -0.3 is 18.5 Å². The van der Waals surface area contributed by atoms with E-state index in [-0.39, 0.29) is 11.3 Å². The highest BCUT2D eigenvalue weighted by atomic mass is 16.5. The summed E-state index contributed by atoms with van der Waals surface area (Å²) in [5.41, 5.74) is 2.19. The molecule has 0 saturated heterocycles. The number of methoxy groups -OCH3 is 1. The van der Waals surface area contributed by atoms with Gasteiger partial charge in [-0.25, -0.2) is 4.98 Å². The van der Waals surface area contributed by atoms with Crippen molar-refractivity contribution in [3.8, 4) is 5.75 Å². The van der Waals surface area contributed by atoms with Gasteiger partial charge in [-0.3, -0.25) is 4.79 Å². The third-order valence-corrected chi connectivity index (χ3v) is 5.00. The summed E-state index contributed by atoms with van der Waals surface area (Å²) in [5, 5.41) is 0.924. The van der Waals surface area contributed by atoms with E-state index in [1.54, 1.807) is 18.1 Å². The van der Waals surface area contributed by atoms with E-state index in [2.05, 4.69) is 25.8 Å². The number of rotatable bonds is 2. The Labute approximate surface area is 158 Å². The smallest absolute Gasteiger partial charge is 0.290 e. The minimum Gasteiger partial charge on any atom is -0.497 e. The number of oxazole rings is 1. The first-order chi connectivity index (χ1) is 12.8. The average molecular weight is 368 g/mol. The number of carbonyl (C=O) groups excluding carboxylic acids is 1. The van der Waals surface area contributed by atoms with E-state index in [4.69, 9.17) is 13.6 Å². The van der Waals surface area contributed by atoms with Crippen molar-refractivity contribution >= 4 is 16.9 Å². The van der Waals surface area contributed by atoms with Gasteiger partial charge in [0.15, 0.2) is 11.7 Å². The van der Waals surface area contributed by atoms with E-state index >= 15 is 0 Å². The maximum atomic E-state index is 13.1. The quantitative estimate of drug-likeness (QED) is 0.677. The van der Waals surface area contributed by atoms with Gasteiger partial charge in [-0.1, -0.05) is 20.8 Å². The lowest BCUT2D eigenvalue weighted by Crippen LogP contribution is -2.35. The summed E-state index contributed by atoms with van der Waals surface area (Å²) in [6, 6.07) is 5.60. The van der Waals surface area contributed by atoms with Crippen molar-refractivity contribution in [2.75, 3.05) is 13.7 Å². The number of benzene rings is 1. The first-order valence-electron chi connectivity index (χ1n) is 9.13. The second-order valence-electron chi connectivity index (χ2n) is 8.03. The average Bonchev–Trinajstić information content (AvgIpc) is 3.21. The molecule has 4 rings (SSSR count). The molecule has 3 heterocycles. The zero-order valence-corrected chi connectivity index (χ0v) is 16.4. The number of aryl methyl sites for hydroxylation is 1. The van der Waals surface area contributed by atoms with Crippen LogP contribution in [0.15, 0.2) is 27.0 Å². The van der Waals surface area contributed by atoms with Gasteiger partial charge >= 0.3 is 0 Å². The first-order valence-corrected chi connectivity index (χ1v) is 9.13. The molecule has 142 valence electrons. The molecule has 0 unspecified atom stereocenters. The molecular weight excluding hydrogens is 344 g/mol. The summed E-state index contributed by atoms with van der Waals surface area (Å²) < 4.78 is 17.0. The van der Waals surface area contributed by atoms with Crippen LogP contribution >= 0.6 is 0 Å². The zero-order chi connectivity index (χ0) is 19.3. The Morgan fingerprint density at radius 2 is 2.04 bits per heavy atom. The van der Waals surface area contributed by atoms with Crippen molar-refractivity contribution in [3.05, 3.63) is 46.9 Å². The maximum Gasteiger partial charge on any atom is 0.290 e. The summed E-state index contributed by atoms with van der Waals surface area (Å²) in [5.74, 6) is 2.56. The van der Waals surface area contributed by atoms with Crippen LogP contribution < -0.4 is 4.74 Å². The van der Waals surface area contributed by atoms with Crippen LogP contribution in [0.3, 0.4) is 0 Å². The van der Waals surface area contributed by atoms with Crippen LogP contribution in [0.1, 0.15) is 54.2 Å². The minimum atomic E-state index is -0.152. The second kappa shape index (κ2) is 6.15. The van der Waals surface area contributed by atoms with Crippen LogP contribution in [0, 0.1) is 6.92 Å². The number of hydrogen-bond acceptors (Lipinski definition) is 5. The molecule has 0 spiro atoms. The second-order valence-corrected chi connectivity index (χ2v) is 8.03. The molecule has 0 bridgehead atoms. The molecule has 6 heteroatoms. The zero-order valence-electron chi connectivity index (χ0n) is 16.4. The normalized spacial score (nSPS) is 14.5. The predicted molar refractivity (Wildman–Crippen MR) is 101 cm³/mol. The molecule has 0 fully saturated rings. The lowest BCUT2D eigenvalue weighted by atomic mass is 9.97. The largest absolute Gasteiger partial charge is 0.497 e. The number of aromatic nitrogens is 1. The number of amides is 1. The Kier molecular flexibility index (Phi) is 4.02. The topological polar surface area (TPSA) is 68.7 Å². The van der Waals surface area contributed by atoms with Crippen molar-refractivity contribution in [2.45, 2.75) is 46.1 Å². The number of hydrogen-bond donors (Lipinski definition) is 0. The summed E-state index contributed by atoms with van der Waals surface area (Å²) in [6.45, 7) is 9.14. The Morgan fingerprint density at radius 3 is 2.74 bits per heavy atom. The lowest BCUT2D eigenvalue weighted by Gasteiger charge is -2.24. The molecular formula is C21H24N2O4. The summed E-state index contributed by atoms with van der Waals surface area (Å²) in [6.07, 6.45) is 0.664. The Balaban J connectivity index is 1.63. The van der Waals surface area contributed by atoms with Gasteiger partial charge in [0, 0.05) is 35.4 Å². The third kappa shape index (κ3) is 2.99. The van der Waals surface area contributed by atoms with Gasteiger partial charge in [-0.05, 0) is 19.1 Å². The fourth-order valence-corrected chi connectivity index (χ4v) is 3.37. The van der Waals surface area contributed by atoms with Crippen molar-refractivity contribution in [2.24, 2.45) is 0 Å². The molecule has 2 aromatic heterocycles. The fraction of sp³-hybridized carbons (Fsp3) is 0.429. The SMILES string of the molecule is COc1ccc2c(C)c(C(=O)N3CCc4oc(C(C)(C)C)nc4C3)oc2c1. The summed E-state index contributed by atoms with van der Waals surface area (Å²) in [7, 11) is 1.61. The van der Waals surface area contributed by atoms with E-state index in [0.29, 0.717) is 42.5 Å². The minimum absolute atomic E-state index is 0.117. The molecule has 0 aliphatic carbocycles. The van der Waals surface area contributed by atoms with Crippen LogP contribution in [0.25, 0.3) is 11.0 Å². The molecule has 1 aliphatic heterocycles. The van der Waals surface area contributed by atoms with Crippen molar-refractivity contribution < 1.29 is 18.4 Å². The molecule has 1 aliphatic rings. The summed E-state index contributed by atoms with van der Waals surface area (Å²) >= 11 is 0. The van der Waals surface area contributed by atoms with Crippen molar-refractivity contribution in [1.82, 2.24) is 9.88 Å². The van der Waals surface area contributed by atoms with E-state index in [0.717, 1.165) is 22.4 Å². The molecule has 6 nitrogen and oxygen atoms in total. The molecule has 0 N–H and O–H groups in total. The van der Waals surface area contributed by atoms with Crippen LogP contribution in [0.4, 0.5) is 0 Å². The highest BCUT2D eigenvalue weighted by molar-refractivity contribution is 5.99. The van der Waals surface area contributed by atoms with Crippen molar-refractivity contribution in [3.63, 3.8) is 0 Å². The van der Waals surface area contributed by atoms with Gasteiger partial charge in [0.05, 0.1) is 13.7 Å². The highest BCUT2D eigenvalue weighted by Crippen LogP contribution is 2.31. The molecule has 0 saturated carbocycles. The monoisotopic (exact) mass is 368 g/mol.